The van der Waals surface area contributed by atoms with E-state index in [2.05, 4.69) is 81.4 Å². The van der Waals surface area contributed by atoms with Crippen LogP contribution in [0.4, 0.5) is 17.5 Å². The molecule has 1 saturated heterocycles. The van der Waals surface area contributed by atoms with Gasteiger partial charge in [0.2, 0.25) is 0 Å². The van der Waals surface area contributed by atoms with Crippen molar-refractivity contribution in [1.82, 2.24) is 30.2 Å². The number of nitrogens with one attached hydrogen (secondary N) is 3. The molecular weight excluding hydrogens is 450 g/mol. The third-order valence-corrected chi connectivity index (χ3v) is 6.57. The van der Waals surface area contributed by atoms with E-state index >= 15 is 0 Å². The third kappa shape index (κ3) is 5.11. The summed E-state index contributed by atoms with van der Waals surface area (Å²) in [5, 5.41) is 8.25. The number of fused-ring (bicyclic) bond motifs is 1. The molecule has 9 nitrogen and oxygen atoms in total. The van der Waals surface area contributed by atoms with Gasteiger partial charge in [-0.1, -0.05) is 19.9 Å². The first-order valence-corrected chi connectivity index (χ1v) is 12.7. The van der Waals surface area contributed by atoms with E-state index in [4.69, 9.17) is 10.7 Å². The SMILES string of the molecule is CC(C)C[C@H](Nc1ncnc2[nH]cc(-c3ccnc(N)c3)c12)c1cccc(N2C[C@@H](C)N[C@@H](C)C2)n1. The largest absolute Gasteiger partial charge is 0.384 e. The Morgan fingerprint density at radius 2 is 1.92 bits per heavy atom. The summed E-state index contributed by atoms with van der Waals surface area (Å²) >= 11 is 0. The van der Waals surface area contributed by atoms with Crippen LogP contribution < -0.4 is 21.3 Å². The molecule has 36 heavy (non-hydrogen) atoms. The first kappa shape index (κ1) is 24.0. The summed E-state index contributed by atoms with van der Waals surface area (Å²) in [6, 6.07) is 11.0. The molecule has 5 heterocycles. The van der Waals surface area contributed by atoms with Crippen LogP contribution in [0.2, 0.25) is 0 Å². The number of nitrogens with zero attached hydrogens (tertiary/aromatic N) is 5. The Labute approximate surface area is 212 Å². The number of rotatable bonds is 7. The van der Waals surface area contributed by atoms with Gasteiger partial charge in [0.15, 0.2) is 0 Å². The fourth-order valence-electron chi connectivity index (χ4n) is 5.13. The normalized spacial score (nSPS) is 19.1. The van der Waals surface area contributed by atoms with Gasteiger partial charge in [0.1, 0.15) is 29.4 Å². The number of aromatic amines is 1. The number of anilines is 3. The van der Waals surface area contributed by atoms with E-state index in [0.29, 0.717) is 23.8 Å². The second-order valence-electron chi connectivity index (χ2n) is 10.2. The molecule has 4 aromatic heterocycles. The fourth-order valence-corrected chi connectivity index (χ4v) is 5.13. The lowest BCUT2D eigenvalue weighted by Gasteiger charge is -2.37. The summed E-state index contributed by atoms with van der Waals surface area (Å²) < 4.78 is 0. The van der Waals surface area contributed by atoms with E-state index in [1.807, 2.05) is 18.3 Å². The Kier molecular flexibility index (Phi) is 6.73. The minimum atomic E-state index is -0.00827. The highest BCUT2D eigenvalue weighted by Crippen LogP contribution is 2.35. The number of piperazine rings is 1. The Hall–Kier alpha value is -3.72. The summed E-state index contributed by atoms with van der Waals surface area (Å²) in [4.78, 5) is 24.0. The number of pyridine rings is 2. The second-order valence-corrected chi connectivity index (χ2v) is 10.2. The molecule has 188 valence electrons. The number of nitrogen functional groups attached to an aromatic ring is 1. The molecule has 0 aliphatic carbocycles. The van der Waals surface area contributed by atoms with Crippen LogP contribution >= 0.6 is 0 Å². The summed E-state index contributed by atoms with van der Waals surface area (Å²) in [5.41, 5.74) is 9.70. The zero-order valence-corrected chi connectivity index (χ0v) is 21.4. The molecule has 0 aromatic carbocycles. The number of nitrogens with two attached hydrogens (primary N) is 1. The predicted molar refractivity (Wildman–Crippen MR) is 146 cm³/mol. The van der Waals surface area contributed by atoms with Crippen LogP contribution in [0, 0.1) is 5.92 Å². The molecule has 5 rings (SSSR count). The van der Waals surface area contributed by atoms with Crippen LogP contribution in [0.25, 0.3) is 22.2 Å². The van der Waals surface area contributed by atoms with Crippen LogP contribution in [0.1, 0.15) is 45.9 Å². The van der Waals surface area contributed by atoms with E-state index in [9.17, 15) is 0 Å². The van der Waals surface area contributed by atoms with Crippen molar-refractivity contribution in [3.8, 4) is 11.1 Å². The third-order valence-electron chi connectivity index (χ3n) is 6.57. The topological polar surface area (TPSA) is 121 Å². The molecule has 0 spiro atoms. The lowest BCUT2D eigenvalue weighted by atomic mass is 10.00. The van der Waals surface area contributed by atoms with E-state index in [1.54, 1.807) is 12.5 Å². The molecular formula is C27H35N9. The summed E-state index contributed by atoms with van der Waals surface area (Å²) in [6.07, 6.45) is 6.17. The zero-order valence-electron chi connectivity index (χ0n) is 21.4. The van der Waals surface area contributed by atoms with Crippen molar-refractivity contribution in [3.63, 3.8) is 0 Å². The zero-order chi connectivity index (χ0) is 25.2. The first-order chi connectivity index (χ1) is 17.4. The molecule has 0 saturated carbocycles. The fraction of sp³-hybridized carbons (Fsp3) is 0.407. The van der Waals surface area contributed by atoms with E-state index in [0.717, 1.165) is 59.0 Å². The van der Waals surface area contributed by atoms with Gasteiger partial charge >= 0.3 is 0 Å². The van der Waals surface area contributed by atoms with Gasteiger partial charge in [0.05, 0.1) is 17.1 Å². The number of hydrogen-bond donors (Lipinski definition) is 4. The summed E-state index contributed by atoms with van der Waals surface area (Å²) in [5.74, 6) is 2.73. The van der Waals surface area contributed by atoms with E-state index in [1.165, 1.54) is 0 Å². The average Bonchev–Trinajstić information content (AvgIpc) is 3.28. The highest BCUT2D eigenvalue weighted by molar-refractivity contribution is 6.01. The van der Waals surface area contributed by atoms with Gasteiger partial charge in [-0.25, -0.2) is 19.9 Å². The minimum Gasteiger partial charge on any atom is -0.384 e. The van der Waals surface area contributed by atoms with Gasteiger partial charge in [0.25, 0.3) is 0 Å². The first-order valence-electron chi connectivity index (χ1n) is 12.7. The minimum absolute atomic E-state index is 0.00827. The lowest BCUT2D eigenvalue weighted by molar-refractivity contribution is 0.405. The molecule has 0 bridgehead atoms. The van der Waals surface area contributed by atoms with Crippen LogP contribution in [0.15, 0.2) is 49.1 Å². The molecule has 0 radical (unpaired) electrons. The molecule has 0 amide bonds. The molecule has 9 heteroatoms. The van der Waals surface area contributed by atoms with Gasteiger partial charge in [0, 0.05) is 43.1 Å². The van der Waals surface area contributed by atoms with Gasteiger partial charge in [-0.3, -0.25) is 0 Å². The van der Waals surface area contributed by atoms with Crippen molar-refractivity contribution in [1.29, 1.82) is 0 Å². The highest BCUT2D eigenvalue weighted by Gasteiger charge is 2.24. The standard InChI is InChI=1S/C27H35N9/c1-16(2)10-22(21-6-5-7-24(34-21)36-13-17(3)33-18(4)14-36)35-27-25-20(12-30-26(25)31-15-32-27)19-8-9-29-23(28)11-19/h5-9,11-12,15-18,22,33H,10,13-14H2,1-4H3,(H2,28,29)(H2,30,31,32,35)/t17-,18+,22-/m0/s1. The van der Waals surface area contributed by atoms with Gasteiger partial charge in [-0.15, -0.1) is 0 Å². The maximum atomic E-state index is 5.97. The van der Waals surface area contributed by atoms with Crippen molar-refractivity contribution in [2.45, 2.75) is 52.2 Å². The summed E-state index contributed by atoms with van der Waals surface area (Å²) in [6.45, 7) is 10.8. The van der Waals surface area contributed by atoms with Crippen molar-refractivity contribution in [3.05, 3.63) is 54.7 Å². The maximum absolute atomic E-state index is 5.97. The highest BCUT2D eigenvalue weighted by atomic mass is 15.3. The Morgan fingerprint density at radius 1 is 1.11 bits per heavy atom. The van der Waals surface area contributed by atoms with E-state index in [-0.39, 0.29) is 6.04 Å². The van der Waals surface area contributed by atoms with Crippen molar-refractivity contribution in [2.24, 2.45) is 5.92 Å². The Bertz CT molecular complexity index is 1320. The Morgan fingerprint density at radius 3 is 2.67 bits per heavy atom. The van der Waals surface area contributed by atoms with Crippen LogP contribution in [-0.4, -0.2) is 50.1 Å². The summed E-state index contributed by atoms with van der Waals surface area (Å²) in [7, 11) is 0. The molecule has 1 aliphatic rings. The lowest BCUT2D eigenvalue weighted by Crippen LogP contribution is -2.54. The molecule has 3 atom stereocenters. The predicted octanol–water partition coefficient (Wildman–Crippen LogP) is 4.38. The average molecular weight is 486 g/mol. The quantitative estimate of drug-likeness (QED) is 0.304. The second kappa shape index (κ2) is 10.1. The smallest absolute Gasteiger partial charge is 0.143 e. The van der Waals surface area contributed by atoms with Gasteiger partial charge in [-0.05, 0) is 56.0 Å². The van der Waals surface area contributed by atoms with Gasteiger partial charge in [-0.2, -0.15) is 0 Å². The van der Waals surface area contributed by atoms with Gasteiger partial charge < -0.3 is 26.3 Å². The molecule has 0 unspecified atom stereocenters. The maximum Gasteiger partial charge on any atom is 0.143 e. The molecule has 4 aromatic rings. The van der Waals surface area contributed by atoms with Crippen molar-refractivity contribution >= 4 is 28.5 Å². The number of hydrogen-bond acceptors (Lipinski definition) is 8. The van der Waals surface area contributed by atoms with Crippen molar-refractivity contribution in [2.75, 3.05) is 29.0 Å². The molecule has 5 N–H and O–H groups in total. The molecule has 1 aliphatic heterocycles. The van der Waals surface area contributed by atoms with Crippen LogP contribution in [-0.2, 0) is 0 Å². The van der Waals surface area contributed by atoms with Crippen molar-refractivity contribution < 1.29 is 0 Å². The number of H-pyrrole nitrogens is 1. The van der Waals surface area contributed by atoms with Crippen LogP contribution in [0.5, 0.6) is 0 Å². The number of aromatic nitrogens is 5. The Balaban J connectivity index is 1.51. The monoisotopic (exact) mass is 485 g/mol. The van der Waals surface area contributed by atoms with E-state index < -0.39 is 0 Å². The van der Waals surface area contributed by atoms with Crippen LogP contribution in [0.3, 0.4) is 0 Å². The molecule has 1 fully saturated rings.